The molecule has 9 rings (SSSR count). The van der Waals surface area contributed by atoms with E-state index in [1.807, 2.05) is 12.4 Å². The molecule has 2 bridgehead atoms. The zero-order valence-electron chi connectivity index (χ0n) is 27.6. The molecule has 4 aromatic rings. The predicted octanol–water partition coefficient (Wildman–Crippen LogP) is 4.11. The minimum absolute atomic E-state index is 0.0966. The van der Waals surface area contributed by atoms with Crippen LogP contribution in [0.25, 0.3) is 22.3 Å². The summed E-state index contributed by atoms with van der Waals surface area (Å²) in [5.74, 6) is -1.37. The van der Waals surface area contributed by atoms with Crippen LogP contribution in [-0.2, 0) is 14.3 Å². The van der Waals surface area contributed by atoms with Gasteiger partial charge in [-0.3, -0.25) is 39.1 Å². The Hall–Kier alpha value is -5.17. The fraction of sp³-hybridized carbons (Fsp3) is 0.432. The van der Waals surface area contributed by atoms with Crippen LogP contribution in [0.4, 0.5) is 11.4 Å². The molecule has 3 saturated heterocycles. The number of carbonyl (C=O) groups excluding carboxylic acids is 4. The smallest absolute Gasteiger partial charge is 0.262 e. The van der Waals surface area contributed by atoms with Crippen molar-refractivity contribution in [1.82, 2.24) is 30.0 Å². The van der Waals surface area contributed by atoms with E-state index in [1.54, 1.807) is 18.2 Å². The molecular weight excluding hydrogens is 636 g/mol. The SMILES string of the molecule is O=C1CCC(N2C(=O)c3ccc(NCCCC4CC(n5cc(-c6cnc7ccc(N8CC9CCC(C8)O9)cc7n6)cn5)C4)cc3C2=O)C(=O)N1. The largest absolute Gasteiger partial charge is 0.385 e. The predicted molar refractivity (Wildman–Crippen MR) is 183 cm³/mol. The molecule has 3 unspecified atom stereocenters. The molecule has 4 aliphatic heterocycles. The van der Waals surface area contributed by atoms with Crippen LogP contribution in [0.3, 0.4) is 0 Å². The zero-order chi connectivity index (χ0) is 33.9. The third-order valence-corrected chi connectivity index (χ3v) is 11.0. The molecule has 3 atom stereocenters. The van der Waals surface area contributed by atoms with E-state index < -0.39 is 23.8 Å². The Morgan fingerprint density at radius 3 is 2.54 bits per heavy atom. The molecule has 2 N–H and O–H groups in total. The number of fused-ring (bicyclic) bond motifs is 4. The van der Waals surface area contributed by atoms with Crippen molar-refractivity contribution in [3.05, 3.63) is 66.1 Å². The van der Waals surface area contributed by atoms with Gasteiger partial charge in [0.25, 0.3) is 11.8 Å². The standard InChI is InChI=1S/C37H38N8O5/c46-34-10-9-33(35(47)42-34)45-36(48)28-7-3-23(14-29(28)37(45)49)38-11-1-2-21-12-25(13-21)44-18-22(16-40-44)32-17-39-30-8-4-24(15-31(30)41-32)43-19-26-5-6-27(20-43)50-26/h3-4,7-8,14-18,21,25-27,33,38H,1-2,5-6,9-13,19-20H2,(H,42,46,47). The number of hydrogen-bond acceptors (Lipinski definition) is 10. The summed E-state index contributed by atoms with van der Waals surface area (Å²) in [6.07, 6.45) is 13.2. The molecule has 0 radical (unpaired) electrons. The van der Waals surface area contributed by atoms with Gasteiger partial charge >= 0.3 is 0 Å². The first-order valence-electron chi connectivity index (χ1n) is 17.7. The molecule has 6 heterocycles. The number of hydrogen-bond donors (Lipinski definition) is 2. The highest BCUT2D eigenvalue weighted by molar-refractivity contribution is 6.23. The maximum atomic E-state index is 13.1. The van der Waals surface area contributed by atoms with Crippen LogP contribution in [0.5, 0.6) is 0 Å². The number of aromatic nitrogens is 4. The van der Waals surface area contributed by atoms with E-state index in [-0.39, 0.29) is 29.9 Å². The maximum Gasteiger partial charge on any atom is 0.262 e. The molecule has 50 heavy (non-hydrogen) atoms. The second-order valence-corrected chi connectivity index (χ2v) is 14.3. The van der Waals surface area contributed by atoms with Crippen molar-refractivity contribution in [3.63, 3.8) is 0 Å². The van der Waals surface area contributed by atoms with Crippen molar-refractivity contribution < 1.29 is 23.9 Å². The Kier molecular flexibility index (Phi) is 7.59. The van der Waals surface area contributed by atoms with Gasteiger partial charge < -0.3 is 15.0 Å². The lowest BCUT2D eigenvalue weighted by atomic mass is 9.77. The Balaban J connectivity index is 0.762. The molecule has 2 aromatic carbocycles. The van der Waals surface area contributed by atoms with E-state index in [9.17, 15) is 19.2 Å². The van der Waals surface area contributed by atoms with Crippen LogP contribution in [0.15, 0.2) is 55.0 Å². The first kappa shape index (κ1) is 30.9. The lowest BCUT2D eigenvalue weighted by molar-refractivity contribution is -0.136. The Morgan fingerprint density at radius 2 is 1.72 bits per heavy atom. The van der Waals surface area contributed by atoms with Crippen molar-refractivity contribution in [2.24, 2.45) is 5.92 Å². The number of carbonyl (C=O) groups is 4. The number of ether oxygens (including phenoxy) is 1. The second-order valence-electron chi connectivity index (χ2n) is 14.3. The minimum Gasteiger partial charge on any atom is -0.385 e. The summed E-state index contributed by atoms with van der Waals surface area (Å²) in [6, 6.07) is 10.9. The van der Waals surface area contributed by atoms with E-state index in [1.165, 1.54) is 5.69 Å². The molecule has 13 nitrogen and oxygen atoms in total. The third kappa shape index (κ3) is 5.59. The first-order chi connectivity index (χ1) is 24.4. The van der Waals surface area contributed by atoms with Crippen LogP contribution >= 0.6 is 0 Å². The molecule has 4 fully saturated rings. The van der Waals surface area contributed by atoms with E-state index in [4.69, 9.17) is 14.7 Å². The average Bonchev–Trinajstić information content (AvgIpc) is 3.79. The van der Waals surface area contributed by atoms with Crippen LogP contribution in [0, 0.1) is 5.92 Å². The molecule has 5 aliphatic rings. The van der Waals surface area contributed by atoms with Gasteiger partial charge in [0.2, 0.25) is 11.8 Å². The Morgan fingerprint density at radius 1 is 0.900 bits per heavy atom. The van der Waals surface area contributed by atoms with Gasteiger partial charge in [0.15, 0.2) is 0 Å². The molecule has 1 saturated carbocycles. The van der Waals surface area contributed by atoms with Gasteiger partial charge in [0, 0.05) is 49.2 Å². The normalized spacial score (nSPS) is 26.0. The molecule has 0 spiro atoms. The van der Waals surface area contributed by atoms with Gasteiger partial charge in [-0.2, -0.15) is 5.10 Å². The summed E-state index contributed by atoms with van der Waals surface area (Å²) in [7, 11) is 0. The van der Waals surface area contributed by atoms with Crippen LogP contribution in [-0.4, -0.2) is 86.2 Å². The second kappa shape index (κ2) is 12.3. The summed E-state index contributed by atoms with van der Waals surface area (Å²) in [5.41, 5.74) is 6.06. The van der Waals surface area contributed by atoms with Crippen LogP contribution in [0.1, 0.15) is 78.1 Å². The fourth-order valence-corrected chi connectivity index (χ4v) is 8.19. The van der Waals surface area contributed by atoms with Crippen molar-refractivity contribution in [3.8, 4) is 11.3 Å². The molecule has 2 aromatic heterocycles. The maximum absolute atomic E-state index is 13.1. The number of piperidine rings is 1. The summed E-state index contributed by atoms with van der Waals surface area (Å²) in [5, 5.41) is 10.3. The summed E-state index contributed by atoms with van der Waals surface area (Å²) in [6.45, 7) is 2.59. The molecule has 13 heteroatoms. The summed E-state index contributed by atoms with van der Waals surface area (Å²) >= 11 is 0. The number of nitrogens with one attached hydrogen (secondary N) is 2. The van der Waals surface area contributed by atoms with Gasteiger partial charge in [-0.25, -0.2) is 4.98 Å². The van der Waals surface area contributed by atoms with E-state index in [2.05, 4.69) is 49.7 Å². The number of anilines is 2. The lowest BCUT2D eigenvalue weighted by Gasteiger charge is -2.35. The fourth-order valence-electron chi connectivity index (χ4n) is 8.19. The highest BCUT2D eigenvalue weighted by Gasteiger charge is 2.44. The number of imide groups is 2. The zero-order valence-corrected chi connectivity index (χ0v) is 27.6. The van der Waals surface area contributed by atoms with Gasteiger partial charge in [0.1, 0.15) is 6.04 Å². The number of nitrogens with zero attached hydrogens (tertiary/aromatic N) is 6. The highest BCUT2D eigenvalue weighted by Crippen LogP contribution is 2.41. The average molecular weight is 675 g/mol. The Bertz CT molecular complexity index is 2030. The van der Waals surface area contributed by atoms with E-state index >= 15 is 0 Å². The van der Waals surface area contributed by atoms with Gasteiger partial charge in [-0.1, -0.05) is 0 Å². The molecular formula is C37H38N8O5. The first-order valence-corrected chi connectivity index (χ1v) is 17.7. The number of rotatable bonds is 9. The van der Waals surface area contributed by atoms with Gasteiger partial charge in [0.05, 0.1) is 58.5 Å². The van der Waals surface area contributed by atoms with Gasteiger partial charge in [-0.05, 0) is 87.3 Å². The number of morpholine rings is 1. The van der Waals surface area contributed by atoms with Gasteiger partial charge in [-0.15, -0.1) is 0 Å². The van der Waals surface area contributed by atoms with Crippen molar-refractivity contribution in [2.45, 2.75) is 75.7 Å². The van der Waals surface area contributed by atoms with E-state index in [0.29, 0.717) is 24.2 Å². The highest BCUT2D eigenvalue weighted by atomic mass is 16.5. The molecule has 1 aliphatic carbocycles. The summed E-state index contributed by atoms with van der Waals surface area (Å²) in [4.78, 5) is 63.0. The van der Waals surface area contributed by atoms with Crippen molar-refractivity contribution in [2.75, 3.05) is 29.9 Å². The Labute approximate surface area is 288 Å². The van der Waals surface area contributed by atoms with Crippen molar-refractivity contribution >= 4 is 46.0 Å². The number of amides is 4. The topological polar surface area (TPSA) is 152 Å². The summed E-state index contributed by atoms with van der Waals surface area (Å²) < 4.78 is 8.09. The monoisotopic (exact) mass is 674 g/mol. The third-order valence-electron chi connectivity index (χ3n) is 11.0. The van der Waals surface area contributed by atoms with E-state index in [0.717, 1.165) is 91.0 Å². The van der Waals surface area contributed by atoms with Crippen molar-refractivity contribution in [1.29, 1.82) is 0 Å². The lowest BCUT2D eigenvalue weighted by Crippen LogP contribution is -2.54. The number of benzene rings is 2. The molecule has 4 amide bonds. The minimum atomic E-state index is -0.965. The van der Waals surface area contributed by atoms with Crippen LogP contribution < -0.4 is 15.5 Å². The molecule has 256 valence electrons. The van der Waals surface area contributed by atoms with Crippen LogP contribution in [0.2, 0.25) is 0 Å². The quantitative estimate of drug-likeness (QED) is 0.196.